The highest BCUT2D eigenvalue weighted by Gasteiger charge is 2.31. The van der Waals surface area contributed by atoms with Crippen LogP contribution in [0.1, 0.15) is 11.1 Å². The number of anilines is 1. The highest BCUT2D eigenvalue weighted by Crippen LogP contribution is 2.39. The summed E-state index contributed by atoms with van der Waals surface area (Å²) >= 11 is 1.10. The number of ether oxygens (including phenoxy) is 1. The summed E-state index contributed by atoms with van der Waals surface area (Å²) in [7, 11) is -2.76. The Morgan fingerprint density at radius 1 is 1.12 bits per heavy atom. The van der Waals surface area contributed by atoms with Crippen LogP contribution in [-0.4, -0.2) is 25.5 Å². The number of methoxy groups -OCH3 is 1. The minimum Gasteiger partial charge on any atom is -0.496 e. The van der Waals surface area contributed by atoms with Gasteiger partial charge in [0.1, 0.15) is 11.8 Å². The molecule has 2 aromatic heterocycles. The molecule has 0 radical (unpaired) electrons. The van der Waals surface area contributed by atoms with Gasteiger partial charge in [-0.25, -0.2) is 13.4 Å². The lowest BCUT2D eigenvalue weighted by Crippen LogP contribution is -2.12. The van der Waals surface area contributed by atoms with E-state index in [4.69, 9.17) is 4.74 Å². The predicted octanol–water partition coefficient (Wildman–Crippen LogP) is 5.06. The van der Waals surface area contributed by atoms with Crippen molar-refractivity contribution >= 4 is 37.3 Å². The highest BCUT2D eigenvalue weighted by molar-refractivity contribution is 7.93. The van der Waals surface area contributed by atoms with Crippen molar-refractivity contribution in [3.63, 3.8) is 0 Å². The van der Waals surface area contributed by atoms with Crippen LogP contribution in [0.4, 0.5) is 18.3 Å². The van der Waals surface area contributed by atoms with Gasteiger partial charge in [0.15, 0.2) is 5.13 Å². The number of halogens is 3. The van der Waals surface area contributed by atoms with E-state index in [-0.39, 0.29) is 38.0 Å². The Balaban J connectivity index is 1.88. The molecule has 2 heterocycles. The lowest BCUT2D eigenvalue weighted by atomic mass is 9.99. The Kier molecular flexibility index (Phi) is 5.69. The average Bonchev–Trinajstić information content (AvgIpc) is 3.29. The maximum absolute atomic E-state index is 13.1. The summed E-state index contributed by atoms with van der Waals surface area (Å²) < 4.78 is 72.4. The van der Waals surface area contributed by atoms with Crippen LogP contribution in [0.3, 0.4) is 0 Å². The van der Waals surface area contributed by atoms with Gasteiger partial charge in [0.05, 0.1) is 28.8 Å². The van der Waals surface area contributed by atoms with Crippen LogP contribution in [0.5, 0.6) is 5.75 Å². The van der Waals surface area contributed by atoms with Gasteiger partial charge in [-0.3, -0.25) is 9.71 Å². The first-order valence-electron chi connectivity index (χ1n) is 9.15. The third kappa shape index (κ3) is 4.33. The first kappa shape index (κ1) is 22.5. The van der Waals surface area contributed by atoms with Gasteiger partial charge in [-0.15, -0.1) is 11.3 Å². The standard InChI is InChI=1S/C21H13F3N4O3S2/c1-31-18-8-13(21(22,23)24)2-4-16(18)19-15-5-3-14(9-17(15)12(10-25)11-27-19)33(29,30)28-20-26-6-7-32-20/h2-9,11H,1H3,(H,26,28). The summed E-state index contributed by atoms with van der Waals surface area (Å²) in [5.41, 5.74) is -0.281. The molecule has 12 heteroatoms. The molecule has 0 aliphatic carbocycles. The number of hydrogen-bond acceptors (Lipinski definition) is 7. The van der Waals surface area contributed by atoms with Crippen molar-refractivity contribution in [3.05, 3.63) is 65.3 Å². The fraction of sp³-hybridized carbons (Fsp3) is 0.0952. The number of nitrogens with one attached hydrogen (secondary N) is 1. The lowest BCUT2D eigenvalue weighted by molar-refractivity contribution is -0.137. The number of hydrogen-bond donors (Lipinski definition) is 1. The van der Waals surface area contributed by atoms with Gasteiger partial charge in [0, 0.05) is 34.1 Å². The second kappa shape index (κ2) is 8.34. The second-order valence-corrected chi connectivity index (χ2v) is 9.27. The van der Waals surface area contributed by atoms with Gasteiger partial charge >= 0.3 is 6.18 Å². The van der Waals surface area contributed by atoms with Crippen molar-refractivity contribution in [2.24, 2.45) is 0 Å². The van der Waals surface area contributed by atoms with E-state index in [0.29, 0.717) is 5.39 Å². The van der Waals surface area contributed by atoms with Crippen LogP contribution in [-0.2, 0) is 16.2 Å². The van der Waals surface area contributed by atoms with Crippen LogP contribution in [0.15, 0.2) is 59.1 Å². The fourth-order valence-electron chi connectivity index (χ4n) is 3.20. The largest absolute Gasteiger partial charge is 0.496 e. The van der Waals surface area contributed by atoms with Gasteiger partial charge in [0.2, 0.25) is 0 Å². The molecular weight excluding hydrogens is 477 g/mol. The number of sulfonamides is 1. The molecule has 0 aliphatic heterocycles. The summed E-state index contributed by atoms with van der Waals surface area (Å²) in [6, 6.07) is 9.03. The molecule has 0 fully saturated rings. The number of nitriles is 1. The van der Waals surface area contributed by atoms with Gasteiger partial charge in [-0.1, -0.05) is 6.07 Å². The molecule has 0 amide bonds. The van der Waals surface area contributed by atoms with Gasteiger partial charge in [-0.05, 0) is 30.3 Å². The molecule has 168 valence electrons. The van der Waals surface area contributed by atoms with Crippen LogP contribution in [0.25, 0.3) is 22.0 Å². The summed E-state index contributed by atoms with van der Waals surface area (Å²) in [4.78, 5) is 8.02. The Morgan fingerprint density at radius 2 is 1.91 bits per heavy atom. The summed E-state index contributed by atoms with van der Waals surface area (Å²) in [6.07, 6.45) is -1.87. The SMILES string of the molecule is COc1cc(C(F)(F)F)ccc1-c1ncc(C#N)c2cc(S(=O)(=O)Nc3nccs3)ccc12. The number of nitrogens with zero attached hydrogens (tertiary/aromatic N) is 3. The zero-order valence-electron chi connectivity index (χ0n) is 16.7. The summed E-state index contributed by atoms with van der Waals surface area (Å²) in [6.45, 7) is 0. The lowest BCUT2D eigenvalue weighted by Gasteiger charge is -2.15. The van der Waals surface area contributed by atoms with E-state index in [1.807, 2.05) is 6.07 Å². The van der Waals surface area contributed by atoms with E-state index in [1.165, 1.54) is 43.8 Å². The Morgan fingerprint density at radius 3 is 2.55 bits per heavy atom. The van der Waals surface area contributed by atoms with Crippen molar-refractivity contribution in [1.29, 1.82) is 5.26 Å². The van der Waals surface area contributed by atoms with Gasteiger partial charge < -0.3 is 4.74 Å². The van der Waals surface area contributed by atoms with Crippen molar-refractivity contribution in [3.8, 4) is 23.1 Å². The van der Waals surface area contributed by atoms with Crippen LogP contribution >= 0.6 is 11.3 Å². The molecule has 33 heavy (non-hydrogen) atoms. The fourth-order valence-corrected chi connectivity index (χ4v) is 5.02. The molecule has 0 spiro atoms. The second-order valence-electron chi connectivity index (χ2n) is 6.70. The van der Waals surface area contributed by atoms with E-state index < -0.39 is 21.8 Å². The van der Waals surface area contributed by atoms with E-state index in [0.717, 1.165) is 23.5 Å². The summed E-state index contributed by atoms with van der Waals surface area (Å²) in [5, 5.41) is 12.0. The van der Waals surface area contributed by atoms with E-state index in [1.54, 1.807) is 5.38 Å². The minimum atomic E-state index is -4.56. The molecule has 0 saturated carbocycles. The molecule has 4 aromatic rings. The highest BCUT2D eigenvalue weighted by atomic mass is 32.2. The number of alkyl halides is 3. The van der Waals surface area contributed by atoms with E-state index >= 15 is 0 Å². The number of fused-ring (bicyclic) bond motifs is 1. The zero-order valence-corrected chi connectivity index (χ0v) is 18.3. The maximum atomic E-state index is 13.1. The number of thiazole rings is 1. The molecular formula is C21H13F3N4O3S2. The Hall–Kier alpha value is -3.69. The maximum Gasteiger partial charge on any atom is 0.416 e. The quantitative estimate of drug-likeness (QED) is 0.419. The molecule has 2 aromatic carbocycles. The number of benzene rings is 2. The van der Waals surface area contributed by atoms with Crippen molar-refractivity contribution < 1.29 is 26.3 Å². The molecule has 0 bridgehead atoms. The monoisotopic (exact) mass is 490 g/mol. The van der Waals surface area contributed by atoms with Crippen molar-refractivity contribution in [2.45, 2.75) is 11.1 Å². The van der Waals surface area contributed by atoms with Crippen LogP contribution < -0.4 is 9.46 Å². The van der Waals surface area contributed by atoms with E-state index in [9.17, 15) is 26.9 Å². The third-order valence-corrected chi connectivity index (χ3v) is 6.88. The van der Waals surface area contributed by atoms with Gasteiger partial charge in [-0.2, -0.15) is 18.4 Å². The third-order valence-electron chi connectivity index (χ3n) is 4.73. The molecule has 0 aliphatic rings. The zero-order chi connectivity index (χ0) is 23.8. The molecule has 7 nitrogen and oxygen atoms in total. The molecule has 0 atom stereocenters. The molecule has 0 unspecified atom stereocenters. The number of pyridine rings is 1. The molecule has 1 N–H and O–H groups in total. The van der Waals surface area contributed by atoms with E-state index in [2.05, 4.69) is 14.7 Å². The first-order chi connectivity index (χ1) is 15.6. The predicted molar refractivity (Wildman–Crippen MR) is 116 cm³/mol. The smallest absolute Gasteiger partial charge is 0.416 e. The topological polar surface area (TPSA) is 105 Å². The molecule has 4 rings (SSSR count). The number of rotatable bonds is 5. The minimum absolute atomic E-state index is 0.0644. The first-order valence-corrected chi connectivity index (χ1v) is 11.5. The van der Waals surface area contributed by atoms with Gasteiger partial charge in [0.25, 0.3) is 10.0 Å². The molecule has 0 saturated heterocycles. The van der Waals surface area contributed by atoms with Crippen molar-refractivity contribution in [1.82, 2.24) is 9.97 Å². The normalized spacial score (nSPS) is 11.8. The van der Waals surface area contributed by atoms with Crippen LogP contribution in [0, 0.1) is 11.3 Å². The summed E-state index contributed by atoms with van der Waals surface area (Å²) in [5.74, 6) is -0.0644. The van der Waals surface area contributed by atoms with Crippen molar-refractivity contribution in [2.75, 3.05) is 11.8 Å². The number of aromatic nitrogens is 2. The Labute approximate surface area is 190 Å². The van der Waals surface area contributed by atoms with Crippen LogP contribution in [0.2, 0.25) is 0 Å². The average molecular weight is 490 g/mol. The Bertz CT molecular complexity index is 1500.